The van der Waals surface area contributed by atoms with Crippen LogP contribution in [0, 0.1) is 6.92 Å². The molecule has 1 aromatic rings. The number of rotatable bonds is 4. The van der Waals surface area contributed by atoms with Crippen LogP contribution in [0.3, 0.4) is 0 Å². The number of alkyl halides is 3. The van der Waals surface area contributed by atoms with Crippen molar-refractivity contribution >= 4 is 16.1 Å². The molecule has 5 nitrogen and oxygen atoms in total. The SMILES string of the molecule is CCCOS(=O)(=O)c1ccc(C)cc1.O=C(O)C(F)(F)F. The largest absolute Gasteiger partial charge is 0.490 e. The van der Waals surface area contributed by atoms with Crippen LogP contribution in [0.2, 0.25) is 0 Å². The van der Waals surface area contributed by atoms with Gasteiger partial charge in [0.2, 0.25) is 0 Å². The summed E-state index contributed by atoms with van der Waals surface area (Å²) >= 11 is 0. The van der Waals surface area contributed by atoms with Crippen molar-refractivity contribution in [2.45, 2.75) is 31.3 Å². The van der Waals surface area contributed by atoms with Gasteiger partial charge in [-0.15, -0.1) is 0 Å². The van der Waals surface area contributed by atoms with Crippen LogP contribution in [0.4, 0.5) is 13.2 Å². The minimum atomic E-state index is -5.08. The van der Waals surface area contributed by atoms with Crippen molar-refractivity contribution in [2.75, 3.05) is 6.61 Å². The van der Waals surface area contributed by atoms with E-state index >= 15 is 0 Å². The summed E-state index contributed by atoms with van der Waals surface area (Å²) in [6, 6.07) is 6.62. The summed E-state index contributed by atoms with van der Waals surface area (Å²) in [5.41, 5.74) is 1.03. The summed E-state index contributed by atoms with van der Waals surface area (Å²) in [5.74, 6) is -2.76. The van der Waals surface area contributed by atoms with E-state index < -0.39 is 22.3 Å². The van der Waals surface area contributed by atoms with Crippen molar-refractivity contribution in [3.05, 3.63) is 29.8 Å². The van der Waals surface area contributed by atoms with Gasteiger partial charge in [-0.25, -0.2) is 4.79 Å². The molecule has 0 bridgehead atoms. The molecule has 0 amide bonds. The van der Waals surface area contributed by atoms with E-state index in [1.165, 1.54) is 0 Å². The van der Waals surface area contributed by atoms with Crippen molar-refractivity contribution in [3.63, 3.8) is 0 Å². The van der Waals surface area contributed by atoms with Crippen LogP contribution < -0.4 is 0 Å². The van der Waals surface area contributed by atoms with Gasteiger partial charge in [0, 0.05) is 0 Å². The summed E-state index contributed by atoms with van der Waals surface area (Å²) in [5, 5.41) is 7.12. The van der Waals surface area contributed by atoms with E-state index in [0.717, 1.165) is 5.56 Å². The van der Waals surface area contributed by atoms with Gasteiger partial charge in [0.1, 0.15) is 0 Å². The molecule has 0 saturated heterocycles. The smallest absolute Gasteiger partial charge is 0.475 e. The molecule has 1 rings (SSSR count). The first-order valence-corrected chi connectivity index (χ1v) is 7.17. The Morgan fingerprint density at radius 3 is 2.00 bits per heavy atom. The highest BCUT2D eigenvalue weighted by Crippen LogP contribution is 2.13. The number of aryl methyl sites for hydroxylation is 1. The van der Waals surface area contributed by atoms with Gasteiger partial charge in [-0.05, 0) is 25.5 Å². The third-order valence-electron chi connectivity index (χ3n) is 1.99. The molecule has 0 aliphatic carbocycles. The molecule has 1 N–H and O–H groups in total. The topological polar surface area (TPSA) is 80.7 Å². The van der Waals surface area contributed by atoms with Crippen molar-refractivity contribution in [1.29, 1.82) is 0 Å². The molecule has 0 radical (unpaired) electrons. The molecule has 0 saturated carbocycles. The van der Waals surface area contributed by atoms with Crippen molar-refractivity contribution in [3.8, 4) is 0 Å². The third-order valence-corrected chi connectivity index (χ3v) is 3.32. The minimum Gasteiger partial charge on any atom is -0.475 e. The molecule has 0 unspecified atom stereocenters. The van der Waals surface area contributed by atoms with Crippen LogP contribution in [-0.4, -0.2) is 32.3 Å². The Morgan fingerprint density at radius 1 is 1.24 bits per heavy atom. The minimum absolute atomic E-state index is 0.219. The second-order valence-electron chi connectivity index (χ2n) is 3.89. The number of carboxylic acids is 1. The molecule has 120 valence electrons. The van der Waals surface area contributed by atoms with Crippen LogP contribution in [0.5, 0.6) is 0 Å². The monoisotopic (exact) mass is 328 g/mol. The number of carboxylic acid groups (broad SMARTS) is 1. The Kier molecular flexibility index (Phi) is 7.37. The Balaban J connectivity index is 0.000000486. The van der Waals surface area contributed by atoms with Crippen molar-refractivity contribution in [1.82, 2.24) is 0 Å². The Bertz CT molecular complexity index is 549. The number of hydrogen-bond donors (Lipinski definition) is 1. The lowest BCUT2D eigenvalue weighted by Gasteiger charge is -2.04. The number of aliphatic carboxylic acids is 1. The van der Waals surface area contributed by atoms with Gasteiger partial charge in [-0.3, -0.25) is 4.18 Å². The Labute approximate surface area is 120 Å². The molecule has 9 heteroatoms. The highest BCUT2D eigenvalue weighted by atomic mass is 32.2. The van der Waals surface area contributed by atoms with E-state index in [1.54, 1.807) is 24.3 Å². The molecular weight excluding hydrogens is 313 g/mol. The summed E-state index contributed by atoms with van der Waals surface area (Å²) < 4.78 is 59.5. The van der Waals surface area contributed by atoms with Gasteiger partial charge >= 0.3 is 12.1 Å². The molecule has 1 aromatic carbocycles. The quantitative estimate of drug-likeness (QED) is 0.860. The molecule has 0 aromatic heterocycles. The van der Waals surface area contributed by atoms with Gasteiger partial charge in [0.05, 0.1) is 11.5 Å². The zero-order valence-corrected chi connectivity index (χ0v) is 12.2. The second-order valence-corrected chi connectivity index (χ2v) is 5.51. The van der Waals surface area contributed by atoms with Crippen molar-refractivity contribution < 1.29 is 35.7 Å². The fourth-order valence-electron chi connectivity index (χ4n) is 0.966. The van der Waals surface area contributed by atoms with Gasteiger partial charge in [0.25, 0.3) is 10.1 Å². The lowest BCUT2D eigenvalue weighted by atomic mass is 10.2. The maximum atomic E-state index is 11.5. The Morgan fingerprint density at radius 2 is 1.67 bits per heavy atom. The van der Waals surface area contributed by atoms with E-state index in [2.05, 4.69) is 0 Å². The number of halogens is 3. The fourth-order valence-corrected chi connectivity index (χ4v) is 1.96. The maximum Gasteiger partial charge on any atom is 0.490 e. The van der Waals surface area contributed by atoms with E-state index in [9.17, 15) is 21.6 Å². The highest BCUT2D eigenvalue weighted by Gasteiger charge is 2.38. The first-order chi connectivity index (χ1) is 9.50. The van der Waals surface area contributed by atoms with E-state index in [0.29, 0.717) is 6.42 Å². The Hall–Kier alpha value is -1.61. The summed E-state index contributed by atoms with van der Waals surface area (Å²) in [7, 11) is -3.54. The zero-order valence-electron chi connectivity index (χ0n) is 11.3. The predicted molar refractivity (Wildman–Crippen MR) is 68.3 cm³/mol. The number of benzene rings is 1. The van der Waals surface area contributed by atoms with Crippen LogP contribution in [0.15, 0.2) is 29.2 Å². The van der Waals surface area contributed by atoms with Crippen molar-refractivity contribution in [2.24, 2.45) is 0 Å². The summed E-state index contributed by atoms with van der Waals surface area (Å²) in [6.07, 6.45) is -4.40. The lowest BCUT2D eigenvalue weighted by Crippen LogP contribution is -2.21. The normalized spacial score (nSPS) is 11.5. The molecular formula is C12H15F3O5S. The number of hydrogen-bond acceptors (Lipinski definition) is 4. The van der Waals surface area contributed by atoms with Crippen LogP contribution in [0.1, 0.15) is 18.9 Å². The van der Waals surface area contributed by atoms with Crippen LogP contribution in [0.25, 0.3) is 0 Å². The zero-order chi connectivity index (χ0) is 16.7. The first kappa shape index (κ1) is 19.4. The molecule has 0 aliphatic heterocycles. The second kappa shape index (κ2) is 7.99. The summed E-state index contributed by atoms with van der Waals surface area (Å²) in [6.45, 7) is 4.00. The van der Waals surface area contributed by atoms with Gasteiger partial charge in [-0.1, -0.05) is 24.6 Å². The molecule has 0 spiro atoms. The maximum absolute atomic E-state index is 11.5. The van der Waals surface area contributed by atoms with E-state index in [4.69, 9.17) is 14.1 Å². The van der Waals surface area contributed by atoms with Gasteiger partial charge in [0.15, 0.2) is 0 Å². The molecule has 0 atom stereocenters. The predicted octanol–water partition coefficient (Wildman–Crippen LogP) is 2.74. The fraction of sp³-hybridized carbons (Fsp3) is 0.417. The standard InChI is InChI=1S/C10H14O3S.C2HF3O2/c1-3-8-13-14(11,12)10-6-4-9(2)5-7-10;3-2(4,5)1(6)7/h4-7H,3,8H2,1-2H3;(H,6,7). The summed E-state index contributed by atoms with van der Waals surface area (Å²) in [4.78, 5) is 9.11. The van der Waals surface area contributed by atoms with E-state index in [1.807, 2.05) is 13.8 Å². The third kappa shape index (κ3) is 7.66. The molecule has 0 aliphatic rings. The van der Waals surface area contributed by atoms with Gasteiger partial charge in [-0.2, -0.15) is 21.6 Å². The molecule has 21 heavy (non-hydrogen) atoms. The highest BCUT2D eigenvalue weighted by molar-refractivity contribution is 7.86. The average Bonchev–Trinajstić information content (AvgIpc) is 2.36. The van der Waals surface area contributed by atoms with Gasteiger partial charge < -0.3 is 5.11 Å². The first-order valence-electron chi connectivity index (χ1n) is 5.77. The van der Waals surface area contributed by atoms with Crippen LogP contribution >= 0.6 is 0 Å². The molecule has 0 heterocycles. The van der Waals surface area contributed by atoms with Crippen LogP contribution in [-0.2, 0) is 19.1 Å². The number of carbonyl (C=O) groups is 1. The lowest BCUT2D eigenvalue weighted by molar-refractivity contribution is -0.192. The van der Waals surface area contributed by atoms with E-state index in [-0.39, 0.29) is 11.5 Å². The molecule has 0 fully saturated rings. The average molecular weight is 328 g/mol.